The zero-order valence-electron chi connectivity index (χ0n) is 12.4. The molecule has 1 N–H and O–H groups in total. The smallest absolute Gasteiger partial charge is 0.119 e. The van der Waals surface area contributed by atoms with E-state index in [0.29, 0.717) is 0 Å². The van der Waals surface area contributed by atoms with E-state index in [1.807, 2.05) is 25.1 Å². The Bertz CT molecular complexity index is 615. The molecule has 3 heteroatoms. The Morgan fingerprint density at radius 2 is 1.80 bits per heavy atom. The number of nitrogens with one attached hydrogen (secondary N) is 1. The molecular weight excluding hydrogens is 248 g/mol. The monoisotopic (exact) mass is 268 g/mol. The number of amidine groups is 1. The lowest BCUT2D eigenvalue weighted by Gasteiger charge is -2.13. The van der Waals surface area contributed by atoms with E-state index in [9.17, 15) is 0 Å². The normalized spacial score (nSPS) is 11.3. The van der Waals surface area contributed by atoms with Gasteiger partial charge in [0.05, 0.1) is 12.9 Å². The van der Waals surface area contributed by atoms with Gasteiger partial charge in [0.25, 0.3) is 0 Å². The van der Waals surface area contributed by atoms with Crippen molar-refractivity contribution in [2.24, 2.45) is 4.99 Å². The Morgan fingerprint density at radius 3 is 2.40 bits per heavy atom. The van der Waals surface area contributed by atoms with Crippen LogP contribution in [0.2, 0.25) is 0 Å². The molecule has 0 bridgehead atoms. The summed E-state index contributed by atoms with van der Waals surface area (Å²) in [5.41, 5.74) is 4.53. The number of aryl methyl sites for hydroxylation is 1. The summed E-state index contributed by atoms with van der Waals surface area (Å²) in [4.78, 5) is 4.15. The maximum absolute atomic E-state index is 5.33. The highest BCUT2D eigenvalue weighted by Gasteiger charge is 2.07. The van der Waals surface area contributed by atoms with E-state index in [1.54, 1.807) is 14.2 Å². The number of ether oxygens (including phenoxy) is 1. The fraction of sp³-hybridized carbons (Fsp3) is 0.235. The molecule has 0 saturated heterocycles. The van der Waals surface area contributed by atoms with Crippen molar-refractivity contribution < 1.29 is 4.74 Å². The Hall–Kier alpha value is -2.29. The lowest BCUT2D eigenvalue weighted by atomic mass is 10.0. The molecule has 0 radical (unpaired) electrons. The van der Waals surface area contributed by atoms with Crippen molar-refractivity contribution in [3.05, 3.63) is 48.0 Å². The van der Waals surface area contributed by atoms with Gasteiger partial charge in [-0.05, 0) is 37.6 Å². The van der Waals surface area contributed by atoms with Crippen LogP contribution >= 0.6 is 0 Å². The minimum atomic E-state index is 0.845. The third-order valence-corrected chi connectivity index (χ3v) is 3.24. The van der Waals surface area contributed by atoms with Gasteiger partial charge in [0.1, 0.15) is 5.75 Å². The third-order valence-electron chi connectivity index (χ3n) is 3.24. The van der Waals surface area contributed by atoms with Crippen LogP contribution in [0.25, 0.3) is 11.1 Å². The second kappa shape index (κ2) is 6.24. The summed E-state index contributed by atoms with van der Waals surface area (Å²) < 4.78 is 5.33. The van der Waals surface area contributed by atoms with E-state index in [1.165, 1.54) is 5.56 Å². The van der Waals surface area contributed by atoms with Crippen LogP contribution in [0.15, 0.2) is 47.5 Å². The average molecular weight is 268 g/mol. The molecule has 0 unspecified atom stereocenters. The van der Waals surface area contributed by atoms with Crippen molar-refractivity contribution in [2.75, 3.05) is 19.5 Å². The van der Waals surface area contributed by atoms with Gasteiger partial charge < -0.3 is 10.1 Å². The van der Waals surface area contributed by atoms with Gasteiger partial charge in [-0.25, -0.2) is 0 Å². The molecule has 0 aliphatic carbocycles. The molecule has 20 heavy (non-hydrogen) atoms. The van der Waals surface area contributed by atoms with Crippen molar-refractivity contribution in [2.45, 2.75) is 13.8 Å². The number of hydrogen-bond acceptors (Lipinski definition) is 2. The second-order valence-corrected chi connectivity index (χ2v) is 4.71. The molecule has 0 aromatic heterocycles. The molecule has 104 valence electrons. The first kappa shape index (κ1) is 14.1. The summed E-state index contributed by atoms with van der Waals surface area (Å²) in [7, 11) is 3.46. The molecule has 0 aliphatic heterocycles. The lowest BCUT2D eigenvalue weighted by molar-refractivity contribution is 0.415. The van der Waals surface area contributed by atoms with Gasteiger partial charge in [-0.3, -0.25) is 4.99 Å². The zero-order chi connectivity index (χ0) is 14.5. The van der Waals surface area contributed by atoms with E-state index < -0.39 is 0 Å². The van der Waals surface area contributed by atoms with Gasteiger partial charge in [-0.2, -0.15) is 0 Å². The van der Waals surface area contributed by atoms with Crippen molar-refractivity contribution in [1.82, 2.24) is 0 Å². The van der Waals surface area contributed by atoms with Gasteiger partial charge >= 0.3 is 0 Å². The Balaban J connectivity index is 2.49. The quantitative estimate of drug-likeness (QED) is 0.670. The molecule has 3 nitrogen and oxygen atoms in total. The van der Waals surface area contributed by atoms with E-state index in [-0.39, 0.29) is 0 Å². The fourth-order valence-corrected chi connectivity index (χ4v) is 1.98. The van der Waals surface area contributed by atoms with Gasteiger partial charge in [0, 0.05) is 18.3 Å². The topological polar surface area (TPSA) is 33.6 Å². The molecule has 0 amide bonds. The summed E-state index contributed by atoms with van der Waals surface area (Å²) in [6.07, 6.45) is 0. The number of benzene rings is 2. The molecule has 0 atom stereocenters. The van der Waals surface area contributed by atoms with Crippen LogP contribution in [-0.2, 0) is 0 Å². The van der Waals surface area contributed by atoms with Crippen LogP contribution in [0.3, 0.4) is 0 Å². The zero-order valence-corrected chi connectivity index (χ0v) is 12.4. The summed E-state index contributed by atoms with van der Waals surface area (Å²) in [5.74, 6) is 1.72. The molecule has 0 spiro atoms. The van der Waals surface area contributed by atoms with Gasteiger partial charge in [-0.1, -0.05) is 29.8 Å². The van der Waals surface area contributed by atoms with Crippen LogP contribution in [0.4, 0.5) is 5.69 Å². The average Bonchev–Trinajstić information content (AvgIpc) is 2.48. The van der Waals surface area contributed by atoms with E-state index in [4.69, 9.17) is 4.74 Å². The number of nitrogens with zero attached hydrogens (tertiary/aromatic N) is 1. The highest BCUT2D eigenvalue weighted by Crippen LogP contribution is 2.32. The van der Waals surface area contributed by atoms with Gasteiger partial charge in [-0.15, -0.1) is 0 Å². The maximum atomic E-state index is 5.33. The number of hydrogen-bond donors (Lipinski definition) is 1. The van der Waals surface area contributed by atoms with E-state index in [0.717, 1.165) is 28.4 Å². The lowest BCUT2D eigenvalue weighted by Crippen LogP contribution is -2.07. The SMILES string of the molecule is CN=C(C)Nc1ccc(OC)cc1-c1ccc(C)cc1. The van der Waals surface area contributed by atoms with Crippen molar-refractivity contribution in [3.63, 3.8) is 0 Å². The van der Waals surface area contributed by atoms with Crippen LogP contribution in [0, 0.1) is 6.92 Å². The largest absolute Gasteiger partial charge is 0.497 e. The molecular formula is C17H20N2O. The van der Waals surface area contributed by atoms with Crippen molar-refractivity contribution in [3.8, 4) is 16.9 Å². The second-order valence-electron chi connectivity index (χ2n) is 4.71. The van der Waals surface area contributed by atoms with E-state index in [2.05, 4.69) is 41.5 Å². The molecule has 0 aliphatic rings. The minimum absolute atomic E-state index is 0.845. The molecule has 2 rings (SSSR count). The Labute approximate surface area is 120 Å². The van der Waals surface area contributed by atoms with Crippen LogP contribution in [-0.4, -0.2) is 20.0 Å². The Morgan fingerprint density at radius 1 is 1.10 bits per heavy atom. The summed E-state index contributed by atoms with van der Waals surface area (Å²) >= 11 is 0. The third kappa shape index (κ3) is 3.18. The van der Waals surface area contributed by atoms with Crippen molar-refractivity contribution in [1.29, 1.82) is 0 Å². The highest BCUT2D eigenvalue weighted by molar-refractivity contribution is 5.97. The van der Waals surface area contributed by atoms with E-state index >= 15 is 0 Å². The first-order valence-corrected chi connectivity index (χ1v) is 6.59. The predicted octanol–water partition coefficient (Wildman–Crippen LogP) is 4.13. The number of methoxy groups -OCH3 is 1. The van der Waals surface area contributed by atoms with Gasteiger partial charge in [0.2, 0.25) is 0 Å². The molecule has 2 aromatic carbocycles. The minimum Gasteiger partial charge on any atom is -0.497 e. The van der Waals surface area contributed by atoms with Gasteiger partial charge in [0.15, 0.2) is 0 Å². The first-order valence-electron chi connectivity index (χ1n) is 6.59. The molecule has 0 fully saturated rings. The standard InChI is InChI=1S/C17H20N2O/c1-12-5-7-14(8-6-12)16-11-15(20-4)9-10-17(16)19-13(2)18-3/h5-11H,1-4H3,(H,18,19). The van der Waals surface area contributed by atoms with Crippen LogP contribution in [0.5, 0.6) is 5.75 Å². The molecule has 0 saturated carbocycles. The van der Waals surface area contributed by atoms with Crippen LogP contribution < -0.4 is 10.1 Å². The highest BCUT2D eigenvalue weighted by atomic mass is 16.5. The molecule has 2 aromatic rings. The number of rotatable bonds is 3. The maximum Gasteiger partial charge on any atom is 0.119 e. The predicted molar refractivity (Wildman–Crippen MR) is 85.8 cm³/mol. The van der Waals surface area contributed by atoms with Crippen LogP contribution in [0.1, 0.15) is 12.5 Å². The summed E-state index contributed by atoms with van der Waals surface area (Å²) in [6, 6.07) is 14.5. The van der Waals surface area contributed by atoms with Crippen molar-refractivity contribution >= 4 is 11.5 Å². The summed E-state index contributed by atoms with van der Waals surface area (Å²) in [5, 5.41) is 3.32. The summed E-state index contributed by atoms with van der Waals surface area (Å²) in [6.45, 7) is 4.03. The number of anilines is 1. The molecule has 0 heterocycles. The first-order chi connectivity index (χ1) is 9.63. The fourth-order valence-electron chi connectivity index (χ4n) is 1.98. The number of aliphatic imine (C=N–C) groups is 1. The Kier molecular flexibility index (Phi) is 4.41.